The summed E-state index contributed by atoms with van der Waals surface area (Å²) in [7, 11) is -1.89. The fourth-order valence-electron chi connectivity index (χ4n) is 4.56. The Balaban J connectivity index is 1.17. The maximum absolute atomic E-state index is 13.3. The Hall–Kier alpha value is -3.53. The largest absolute Gasteiger partial charge is 0.497 e. The summed E-state index contributed by atoms with van der Waals surface area (Å²) in [6.07, 6.45) is 4.47. The third-order valence-electron chi connectivity index (χ3n) is 6.72. The lowest BCUT2D eigenvalue weighted by molar-refractivity contribution is 0.273. The molecule has 9 heteroatoms. The molecule has 4 aromatic rings. The van der Waals surface area contributed by atoms with Crippen LogP contribution in [-0.2, 0) is 16.4 Å². The van der Waals surface area contributed by atoms with E-state index in [0.717, 1.165) is 41.8 Å². The van der Waals surface area contributed by atoms with Crippen LogP contribution >= 0.6 is 11.3 Å². The summed E-state index contributed by atoms with van der Waals surface area (Å²) in [4.78, 5) is 4.90. The molecule has 0 amide bonds. The molecule has 1 fully saturated rings. The number of thiazole rings is 1. The van der Waals surface area contributed by atoms with Crippen LogP contribution in [0.3, 0.4) is 0 Å². The van der Waals surface area contributed by atoms with Gasteiger partial charge >= 0.3 is 0 Å². The Morgan fingerprint density at radius 2 is 1.74 bits per heavy atom. The van der Waals surface area contributed by atoms with Crippen LogP contribution in [0.4, 0.5) is 5.13 Å². The maximum atomic E-state index is 13.3. The number of hydrogen-bond acceptors (Lipinski definition) is 7. The molecule has 2 heterocycles. The molecule has 7 nitrogen and oxygen atoms in total. The fraction of sp³-hybridized carbons (Fsp3) is 0.241. The van der Waals surface area contributed by atoms with Crippen LogP contribution in [0.15, 0.2) is 94.2 Å². The smallest absolute Gasteiger partial charge is 0.243 e. The van der Waals surface area contributed by atoms with E-state index < -0.39 is 10.0 Å². The number of ether oxygens (including phenoxy) is 1. The van der Waals surface area contributed by atoms with Crippen LogP contribution in [0.5, 0.6) is 5.75 Å². The second-order valence-electron chi connectivity index (χ2n) is 9.24. The molecule has 196 valence electrons. The van der Waals surface area contributed by atoms with Gasteiger partial charge < -0.3 is 4.74 Å². The summed E-state index contributed by atoms with van der Waals surface area (Å²) >= 11 is 1.44. The SMILES string of the molecule is COc1ccc(C=NNc2nc(-c3ccc(S(=O)(=O)N4CCC(Cc5ccccc5)CC4)cc3)cs2)cc1. The second-order valence-corrected chi connectivity index (χ2v) is 12.0. The summed E-state index contributed by atoms with van der Waals surface area (Å²) in [6.45, 7) is 1.11. The lowest BCUT2D eigenvalue weighted by atomic mass is 9.91. The normalized spacial score (nSPS) is 15.1. The number of hydrogen-bond donors (Lipinski definition) is 1. The van der Waals surface area contributed by atoms with Gasteiger partial charge in [-0.25, -0.2) is 13.4 Å². The number of anilines is 1. The minimum absolute atomic E-state index is 0.320. The van der Waals surface area contributed by atoms with Crippen molar-refractivity contribution in [2.45, 2.75) is 24.2 Å². The Labute approximate surface area is 227 Å². The minimum atomic E-state index is -3.52. The molecule has 1 N–H and O–H groups in total. The van der Waals surface area contributed by atoms with Crippen molar-refractivity contribution in [3.8, 4) is 17.0 Å². The van der Waals surface area contributed by atoms with E-state index in [1.165, 1.54) is 16.9 Å². The van der Waals surface area contributed by atoms with Crippen LogP contribution in [0.2, 0.25) is 0 Å². The van der Waals surface area contributed by atoms with Crippen LogP contribution in [0.1, 0.15) is 24.0 Å². The van der Waals surface area contributed by atoms with E-state index in [2.05, 4.69) is 39.8 Å². The van der Waals surface area contributed by atoms with Gasteiger partial charge in [0.15, 0.2) is 0 Å². The van der Waals surface area contributed by atoms with Crippen molar-refractivity contribution in [3.63, 3.8) is 0 Å². The van der Waals surface area contributed by atoms with Gasteiger partial charge in [-0.1, -0.05) is 42.5 Å². The minimum Gasteiger partial charge on any atom is -0.497 e. The number of piperidine rings is 1. The molecule has 0 spiro atoms. The highest BCUT2D eigenvalue weighted by Crippen LogP contribution is 2.29. The predicted molar refractivity (Wildman–Crippen MR) is 153 cm³/mol. The van der Waals surface area contributed by atoms with E-state index in [1.54, 1.807) is 29.8 Å². The standard InChI is InChI=1S/C29H30N4O3S2/c1-36-26-11-7-24(8-12-26)20-30-32-29-31-28(21-37-29)25-9-13-27(14-10-25)38(34,35)33-17-15-23(16-18-33)19-22-5-3-2-4-6-22/h2-14,20-21,23H,15-19H2,1H3,(H,31,32). The maximum Gasteiger partial charge on any atom is 0.243 e. The zero-order valence-electron chi connectivity index (χ0n) is 21.2. The lowest BCUT2D eigenvalue weighted by Gasteiger charge is -2.31. The van der Waals surface area contributed by atoms with Gasteiger partial charge in [-0.3, -0.25) is 5.43 Å². The third kappa shape index (κ3) is 6.30. The number of benzene rings is 3. The van der Waals surface area contributed by atoms with Crippen LogP contribution in [0, 0.1) is 5.92 Å². The van der Waals surface area contributed by atoms with E-state index in [0.29, 0.717) is 29.0 Å². The van der Waals surface area contributed by atoms with E-state index in [1.807, 2.05) is 47.8 Å². The highest BCUT2D eigenvalue weighted by Gasteiger charge is 2.29. The first-order chi connectivity index (χ1) is 18.5. The molecule has 0 bridgehead atoms. The molecule has 5 rings (SSSR count). The fourth-order valence-corrected chi connectivity index (χ4v) is 6.70. The van der Waals surface area contributed by atoms with Gasteiger partial charge in [0.25, 0.3) is 0 Å². The summed E-state index contributed by atoms with van der Waals surface area (Å²) in [6, 6.07) is 25.0. The van der Waals surface area contributed by atoms with Crippen molar-refractivity contribution in [1.29, 1.82) is 0 Å². The molecular formula is C29H30N4O3S2. The Bertz CT molecular complexity index is 1460. The number of hydrazone groups is 1. The first-order valence-electron chi connectivity index (χ1n) is 12.5. The van der Waals surface area contributed by atoms with Crippen molar-refractivity contribution < 1.29 is 13.2 Å². The van der Waals surface area contributed by atoms with E-state index >= 15 is 0 Å². The average Bonchev–Trinajstić information content (AvgIpc) is 3.43. The number of sulfonamides is 1. The zero-order valence-corrected chi connectivity index (χ0v) is 22.8. The quantitative estimate of drug-likeness (QED) is 0.209. The summed E-state index contributed by atoms with van der Waals surface area (Å²) in [5.41, 5.74) is 6.83. The molecule has 1 saturated heterocycles. The molecule has 0 atom stereocenters. The van der Waals surface area contributed by atoms with Gasteiger partial charge in [0.1, 0.15) is 5.75 Å². The molecule has 1 aliphatic heterocycles. The number of nitrogens with zero attached hydrogens (tertiary/aromatic N) is 3. The number of rotatable bonds is 9. The van der Waals surface area contributed by atoms with Crippen LogP contribution in [0.25, 0.3) is 11.3 Å². The van der Waals surface area contributed by atoms with E-state index in [4.69, 9.17) is 4.74 Å². The molecule has 1 aliphatic rings. The topological polar surface area (TPSA) is 83.9 Å². The van der Waals surface area contributed by atoms with Gasteiger partial charge in [-0.05, 0) is 72.7 Å². The third-order valence-corrected chi connectivity index (χ3v) is 9.38. The Morgan fingerprint density at radius 1 is 1.03 bits per heavy atom. The first kappa shape index (κ1) is 26.1. The average molecular weight is 547 g/mol. The molecule has 0 radical (unpaired) electrons. The second kappa shape index (κ2) is 11.9. The Morgan fingerprint density at radius 3 is 2.42 bits per heavy atom. The van der Waals surface area contributed by atoms with Gasteiger partial charge in [-0.2, -0.15) is 9.41 Å². The first-order valence-corrected chi connectivity index (χ1v) is 14.9. The highest BCUT2D eigenvalue weighted by molar-refractivity contribution is 7.89. The highest BCUT2D eigenvalue weighted by atomic mass is 32.2. The van der Waals surface area contributed by atoms with Crippen molar-refractivity contribution >= 4 is 32.7 Å². The molecule has 0 aliphatic carbocycles. The predicted octanol–water partition coefficient (Wildman–Crippen LogP) is 5.91. The summed E-state index contributed by atoms with van der Waals surface area (Å²) < 4.78 is 33.3. The number of aromatic nitrogens is 1. The molecule has 0 unspecified atom stereocenters. The number of methoxy groups -OCH3 is 1. The van der Waals surface area contributed by atoms with Crippen molar-refractivity contribution in [1.82, 2.24) is 9.29 Å². The monoisotopic (exact) mass is 546 g/mol. The van der Waals surface area contributed by atoms with Gasteiger partial charge in [0.2, 0.25) is 15.2 Å². The molecule has 1 aromatic heterocycles. The molecular weight excluding hydrogens is 516 g/mol. The number of nitrogens with one attached hydrogen (secondary N) is 1. The van der Waals surface area contributed by atoms with Gasteiger partial charge in [0.05, 0.1) is 23.9 Å². The van der Waals surface area contributed by atoms with Crippen LogP contribution in [-0.4, -0.2) is 44.1 Å². The van der Waals surface area contributed by atoms with Crippen LogP contribution < -0.4 is 10.2 Å². The molecule has 3 aromatic carbocycles. The van der Waals surface area contributed by atoms with Crippen molar-refractivity contribution in [3.05, 3.63) is 95.4 Å². The molecule has 38 heavy (non-hydrogen) atoms. The zero-order chi connectivity index (χ0) is 26.4. The summed E-state index contributed by atoms with van der Waals surface area (Å²) in [5, 5.41) is 6.82. The van der Waals surface area contributed by atoms with Crippen molar-refractivity contribution in [2.75, 3.05) is 25.6 Å². The summed E-state index contributed by atoms with van der Waals surface area (Å²) in [5.74, 6) is 1.31. The van der Waals surface area contributed by atoms with Gasteiger partial charge in [-0.15, -0.1) is 11.3 Å². The van der Waals surface area contributed by atoms with E-state index in [-0.39, 0.29) is 0 Å². The van der Waals surface area contributed by atoms with Gasteiger partial charge in [0, 0.05) is 24.0 Å². The van der Waals surface area contributed by atoms with E-state index in [9.17, 15) is 8.42 Å². The Kier molecular flexibility index (Phi) is 8.17. The molecule has 0 saturated carbocycles. The van der Waals surface area contributed by atoms with Crippen molar-refractivity contribution in [2.24, 2.45) is 11.0 Å². The lowest BCUT2D eigenvalue weighted by Crippen LogP contribution is -2.38.